The number of amides is 1. The van der Waals surface area contributed by atoms with Gasteiger partial charge in [-0.2, -0.15) is 4.31 Å². The summed E-state index contributed by atoms with van der Waals surface area (Å²) in [5.74, 6) is -1.45. The minimum Gasteiger partial charge on any atom is -0.465 e. The molecule has 1 aliphatic heterocycles. The second-order valence-electron chi connectivity index (χ2n) is 8.60. The Bertz CT molecular complexity index is 1140. The van der Waals surface area contributed by atoms with Crippen molar-refractivity contribution in [2.45, 2.75) is 42.5 Å². The van der Waals surface area contributed by atoms with Crippen LogP contribution in [0, 0.1) is 11.7 Å². The maximum absolute atomic E-state index is 13.3. The van der Waals surface area contributed by atoms with Crippen molar-refractivity contribution in [3.63, 3.8) is 0 Å². The van der Waals surface area contributed by atoms with Crippen LogP contribution in [0.25, 0.3) is 0 Å². The van der Waals surface area contributed by atoms with Crippen LogP contribution in [0.1, 0.15) is 48.0 Å². The van der Waals surface area contributed by atoms with Crippen molar-refractivity contribution >= 4 is 21.9 Å². The fourth-order valence-electron chi connectivity index (χ4n) is 4.59. The lowest BCUT2D eigenvalue weighted by molar-refractivity contribution is -0.129. The van der Waals surface area contributed by atoms with Gasteiger partial charge in [0.2, 0.25) is 15.9 Å². The Labute approximate surface area is 193 Å². The number of esters is 1. The van der Waals surface area contributed by atoms with Crippen molar-refractivity contribution in [2.24, 2.45) is 5.92 Å². The van der Waals surface area contributed by atoms with Gasteiger partial charge in [-0.3, -0.25) is 4.79 Å². The summed E-state index contributed by atoms with van der Waals surface area (Å²) in [5.41, 5.74) is 0.405. The smallest absolute Gasteiger partial charge is 0.339 e. The van der Waals surface area contributed by atoms with Gasteiger partial charge in [-0.1, -0.05) is 24.3 Å². The van der Waals surface area contributed by atoms with Gasteiger partial charge in [0.05, 0.1) is 23.1 Å². The van der Waals surface area contributed by atoms with E-state index in [-0.39, 0.29) is 41.2 Å². The van der Waals surface area contributed by atoms with Gasteiger partial charge < -0.3 is 10.1 Å². The van der Waals surface area contributed by atoms with Crippen LogP contribution >= 0.6 is 0 Å². The van der Waals surface area contributed by atoms with Crippen molar-refractivity contribution < 1.29 is 27.1 Å². The van der Waals surface area contributed by atoms with Gasteiger partial charge in [-0.25, -0.2) is 17.6 Å². The minimum atomic E-state index is -3.91. The quantitative estimate of drug-likeness (QED) is 0.649. The first kappa shape index (κ1) is 23.4. The van der Waals surface area contributed by atoms with Crippen LogP contribution in [0.2, 0.25) is 0 Å². The number of ether oxygens (including phenoxy) is 1. The van der Waals surface area contributed by atoms with Crippen molar-refractivity contribution in [3.8, 4) is 0 Å². The van der Waals surface area contributed by atoms with E-state index in [1.807, 2.05) is 0 Å². The number of nitrogens with zero attached hydrogens (tertiary/aromatic N) is 1. The molecule has 0 unspecified atom stereocenters. The number of halogens is 1. The summed E-state index contributed by atoms with van der Waals surface area (Å²) < 4.78 is 45.7. The Morgan fingerprint density at radius 1 is 1.06 bits per heavy atom. The largest absolute Gasteiger partial charge is 0.465 e. The van der Waals surface area contributed by atoms with Gasteiger partial charge in [-0.05, 0) is 61.9 Å². The molecule has 2 fully saturated rings. The average Bonchev–Trinajstić information content (AvgIpc) is 2.81. The van der Waals surface area contributed by atoms with E-state index in [1.54, 1.807) is 24.3 Å². The van der Waals surface area contributed by atoms with Crippen LogP contribution in [0.5, 0.6) is 0 Å². The number of hydrogen-bond donors (Lipinski definition) is 1. The van der Waals surface area contributed by atoms with Crippen molar-refractivity contribution in [2.75, 3.05) is 20.2 Å². The molecule has 33 heavy (non-hydrogen) atoms. The lowest BCUT2D eigenvalue weighted by Gasteiger charge is -2.44. The first-order valence-electron chi connectivity index (χ1n) is 11.0. The summed E-state index contributed by atoms with van der Waals surface area (Å²) in [6, 6.07) is 12.2. The molecule has 176 valence electrons. The van der Waals surface area contributed by atoms with Gasteiger partial charge >= 0.3 is 5.97 Å². The summed E-state index contributed by atoms with van der Waals surface area (Å²) in [6.07, 6.45) is 3.33. The van der Waals surface area contributed by atoms with Gasteiger partial charge in [-0.15, -0.1) is 0 Å². The van der Waals surface area contributed by atoms with E-state index in [4.69, 9.17) is 4.74 Å². The standard InChI is InChI=1S/C24H27FN2O5S/c1-32-23(29)20-5-2-3-6-21(20)33(30,31)27-15-11-17(12-16-27)22(28)26-24(13-4-14-24)18-7-9-19(25)10-8-18/h2-3,5-10,17H,4,11-16H2,1H3,(H,26,28). The van der Waals surface area contributed by atoms with E-state index in [2.05, 4.69) is 5.32 Å². The van der Waals surface area contributed by atoms with Crippen LogP contribution in [-0.4, -0.2) is 44.8 Å². The molecule has 1 saturated heterocycles. The van der Waals surface area contributed by atoms with Crippen LogP contribution in [0.15, 0.2) is 53.4 Å². The van der Waals surface area contributed by atoms with Crippen molar-refractivity contribution in [1.82, 2.24) is 9.62 Å². The molecule has 2 aliphatic rings. The molecule has 0 bridgehead atoms. The molecule has 1 aliphatic carbocycles. The van der Waals surface area contributed by atoms with E-state index in [0.717, 1.165) is 24.8 Å². The third-order valence-electron chi connectivity index (χ3n) is 6.70. The molecule has 0 spiro atoms. The predicted octanol–water partition coefficient (Wildman–Crippen LogP) is 3.21. The Morgan fingerprint density at radius 2 is 1.70 bits per heavy atom. The first-order chi connectivity index (χ1) is 15.8. The molecule has 7 nitrogen and oxygen atoms in total. The summed E-state index contributed by atoms with van der Waals surface area (Å²) in [7, 11) is -2.70. The zero-order valence-electron chi connectivity index (χ0n) is 18.4. The number of nitrogens with one attached hydrogen (secondary N) is 1. The van der Waals surface area contributed by atoms with E-state index in [9.17, 15) is 22.4 Å². The first-order valence-corrected chi connectivity index (χ1v) is 12.5. The second-order valence-corrected chi connectivity index (χ2v) is 10.5. The number of carbonyl (C=O) groups excluding carboxylic acids is 2. The lowest BCUT2D eigenvalue weighted by atomic mass is 9.71. The normalized spacial score (nSPS) is 18.8. The van der Waals surface area contributed by atoms with E-state index < -0.39 is 21.5 Å². The van der Waals surface area contributed by atoms with E-state index in [0.29, 0.717) is 12.8 Å². The summed E-state index contributed by atoms with van der Waals surface area (Å²) >= 11 is 0. The Kier molecular flexibility index (Phi) is 6.54. The predicted molar refractivity (Wildman–Crippen MR) is 119 cm³/mol. The highest BCUT2D eigenvalue weighted by atomic mass is 32.2. The monoisotopic (exact) mass is 474 g/mol. The molecular formula is C24H27FN2O5S. The number of methoxy groups -OCH3 is 1. The molecule has 4 rings (SSSR count). The summed E-state index contributed by atoms with van der Waals surface area (Å²) in [6.45, 7) is 0.360. The average molecular weight is 475 g/mol. The molecule has 1 saturated carbocycles. The molecule has 1 heterocycles. The van der Waals surface area contributed by atoms with Gasteiger partial charge in [0, 0.05) is 19.0 Å². The summed E-state index contributed by atoms with van der Waals surface area (Å²) in [4.78, 5) is 25.0. The lowest BCUT2D eigenvalue weighted by Crippen LogP contribution is -2.53. The topological polar surface area (TPSA) is 92.8 Å². The van der Waals surface area contributed by atoms with E-state index in [1.165, 1.54) is 35.7 Å². The molecule has 2 aromatic rings. The number of hydrogen-bond acceptors (Lipinski definition) is 5. The van der Waals surface area contributed by atoms with Gasteiger partial charge in [0.25, 0.3) is 0 Å². The number of benzene rings is 2. The maximum atomic E-state index is 13.3. The Morgan fingerprint density at radius 3 is 2.27 bits per heavy atom. The third kappa shape index (κ3) is 4.52. The maximum Gasteiger partial charge on any atom is 0.339 e. The second kappa shape index (κ2) is 9.23. The number of piperidine rings is 1. The van der Waals surface area contributed by atoms with Crippen molar-refractivity contribution in [3.05, 3.63) is 65.5 Å². The number of carbonyl (C=O) groups is 2. The Hall–Kier alpha value is -2.78. The molecule has 2 aromatic carbocycles. The highest BCUT2D eigenvalue weighted by molar-refractivity contribution is 7.89. The Balaban J connectivity index is 1.43. The summed E-state index contributed by atoms with van der Waals surface area (Å²) in [5, 5.41) is 3.16. The molecule has 0 atom stereocenters. The van der Waals surface area contributed by atoms with Crippen LogP contribution in [0.3, 0.4) is 0 Å². The SMILES string of the molecule is COC(=O)c1ccccc1S(=O)(=O)N1CCC(C(=O)NC2(c3ccc(F)cc3)CCC2)CC1. The molecule has 1 N–H and O–H groups in total. The number of rotatable bonds is 6. The highest BCUT2D eigenvalue weighted by Gasteiger charge is 2.42. The zero-order chi connectivity index (χ0) is 23.6. The molecule has 1 amide bonds. The van der Waals surface area contributed by atoms with Gasteiger partial charge in [0.15, 0.2) is 0 Å². The third-order valence-corrected chi connectivity index (χ3v) is 8.66. The minimum absolute atomic E-state index is 0.00825. The van der Waals surface area contributed by atoms with Crippen LogP contribution < -0.4 is 5.32 Å². The molecule has 0 aromatic heterocycles. The number of sulfonamides is 1. The fourth-order valence-corrected chi connectivity index (χ4v) is 6.24. The van der Waals surface area contributed by atoms with E-state index >= 15 is 0 Å². The van der Waals surface area contributed by atoms with Crippen LogP contribution in [-0.2, 0) is 25.1 Å². The van der Waals surface area contributed by atoms with Crippen molar-refractivity contribution in [1.29, 1.82) is 0 Å². The molecule has 9 heteroatoms. The fraction of sp³-hybridized carbons (Fsp3) is 0.417. The zero-order valence-corrected chi connectivity index (χ0v) is 19.2. The molecule has 0 radical (unpaired) electrons. The van der Waals surface area contributed by atoms with Gasteiger partial charge in [0.1, 0.15) is 5.82 Å². The highest BCUT2D eigenvalue weighted by Crippen LogP contribution is 2.42. The molecular weight excluding hydrogens is 447 g/mol. The van der Waals surface area contributed by atoms with Crippen LogP contribution in [0.4, 0.5) is 4.39 Å².